The highest BCUT2D eigenvalue weighted by atomic mass is 16.6. The van der Waals surface area contributed by atoms with E-state index < -0.39 is 0 Å². The van der Waals surface area contributed by atoms with E-state index in [1.807, 2.05) is 23.1 Å². The second-order valence-electron chi connectivity index (χ2n) is 7.17. The number of nitro groups is 1. The zero-order valence-electron chi connectivity index (χ0n) is 16.0. The number of fused-ring (bicyclic) bond motifs is 1. The number of rotatable bonds is 5. The molecule has 0 spiro atoms. The van der Waals surface area contributed by atoms with Gasteiger partial charge in [0.1, 0.15) is 18.9 Å². The molecular formula is C21H23N3O5. The molecule has 0 bridgehead atoms. The van der Waals surface area contributed by atoms with Gasteiger partial charge in [-0.25, -0.2) is 0 Å². The number of carbonyl (C=O) groups is 1. The smallest absolute Gasteiger partial charge is 0.292 e. The van der Waals surface area contributed by atoms with E-state index in [9.17, 15) is 14.9 Å². The van der Waals surface area contributed by atoms with Crippen molar-refractivity contribution in [1.82, 2.24) is 5.32 Å². The molecule has 1 saturated heterocycles. The van der Waals surface area contributed by atoms with E-state index in [0.29, 0.717) is 62.9 Å². The van der Waals surface area contributed by atoms with Gasteiger partial charge in [-0.1, -0.05) is 24.3 Å². The van der Waals surface area contributed by atoms with E-state index in [0.717, 1.165) is 5.56 Å². The first-order valence-electron chi connectivity index (χ1n) is 9.77. The van der Waals surface area contributed by atoms with Crippen LogP contribution < -0.4 is 19.7 Å². The fourth-order valence-electron chi connectivity index (χ4n) is 3.87. The number of nitrogens with zero attached hydrogens (tertiary/aromatic N) is 2. The molecule has 1 amide bonds. The molecule has 4 rings (SSSR count). The van der Waals surface area contributed by atoms with E-state index in [4.69, 9.17) is 9.47 Å². The van der Waals surface area contributed by atoms with Crippen LogP contribution in [-0.2, 0) is 11.3 Å². The highest BCUT2D eigenvalue weighted by Crippen LogP contribution is 2.34. The number of anilines is 1. The highest BCUT2D eigenvalue weighted by molar-refractivity contribution is 5.79. The van der Waals surface area contributed by atoms with E-state index in [2.05, 4.69) is 5.32 Å². The van der Waals surface area contributed by atoms with Gasteiger partial charge in [0.2, 0.25) is 5.91 Å². The molecule has 1 N–H and O–H groups in total. The molecule has 0 unspecified atom stereocenters. The van der Waals surface area contributed by atoms with Gasteiger partial charge in [0.15, 0.2) is 11.5 Å². The predicted molar refractivity (Wildman–Crippen MR) is 107 cm³/mol. The second kappa shape index (κ2) is 8.38. The lowest BCUT2D eigenvalue weighted by Crippen LogP contribution is -2.40. The molecular weight excluding hydrogens is 374 g/mol. The molecule has 0 saturated carbocycles. The summed E-state index contributed by atoms with van der Waals surface area (Å²) < 4.78 is 11.3. The summed E-state index contributed by atoms with van der Waals surface area (Å²) in [6, 6.07) is 12.4. The number of hydrogen-bond donors (Lipinski definition) is 1. The summed E-state index contributed by atoms with van der Waals surface area (Å²) in [7, 11) is 0. The first-order chi connectivity index (χ1) is 14.1. The fourth-order valence-corrected chi connectivity index (χ4v) is 3.87. The molecule has 1 fully saturated rings. The molecule has 8 heteroatoms. The van der Waals surface area contributed by atoms with Gasteiger partial charge in [-0.3, -0.25) is 14.9 Å². The fraction of sp³-hybridized carbons (Fsp3) is 0.381. The lowest BCUT2D eigenvalue weighted by atomic mass is 9.95. The second-order valence-corrected chi connectivity index (χ2v) is 7.17. The quantitative estimate of drug-likeness (QED) is 0.616. The summed E-state index contributed by atoms with van der Waals surface area (Å²) >= 11 is 0. The molecule has 2 aliphatic heterocycles. The topological polar surface area (TPSA) is 93.9 Å². The minimum atomic E-state index is -0.361. The SMILES string of the molecule is O=C(NCc1cccc2c1OCCO2)C1CCN(c2ccccc2[N+](=O)[O-])CC1. The minimum absolute atomic E-state index is 0.00143. The normalized spacial score (nSPS) is 16.3. The summed E-state index contributed by atoms with van der Waals surface area (Å²) in [6.07, 6.45) is 1.31. The Bertz CT molecular complexity index is 909. The van der Waals surface area contributed by atoms with Crippen LogP contribution in [0.25, 0.3) is 0 Å². The maximum absolute atomic E-state index is 12.6. The van der Waals surface area contributed by atoms with Crippen LogP contribution in [0.4, 0.5) is 11.4 Å². The van der Waals surface area contributed by atoms with Crippen molar-refractivity contribution in [2.75, 3.05) is 31.2 Å². The number of nitrogens with one attached hydrogen (secondary N) is 1. The Kier molecular flexibility index (Phi) is 5.50. The Labute approximate surface area is 168 Å². The Morgan fingerprint density at radius 3 is 2.66 bits per heavy atom. The van der Waals surface area contributed by atoms with Gasteiger partial charge >= 0.3 is 0 Å². The third-order valence-corrected chi connectivity index (χ3v) is 5.39. The number of amides is 1. The van der Waals surface area contributed by atoms with Crippen molar-refractivity contribution in [2.24, 2.45) is 5.92 Å². The first-order valence-corrected chi connectivity index (χ1v) is 9.77. The summed E-state index contributed by atoms with van der Waals surface area (Å²) in [5.41, 5.74) is 1.61. The maximum Gasteiger partial charge on any atom is 0.292 e. The Morgan fingerprint density at radius 2 is 1.86 bits per heavy atom. The first kappa shape index (κ1) is 19.0. The molecule has 29 heavy (non-hydrogen) atoms. The van der Waals surface area contributed by atoms with Gasteiger partial charge in [0, 0.05) is 37.2 Å². The zero-order valence-corrected chi connectivity index (χ0v) is 16.0. The lowest BCUT2D eigenvalue weighted by molar-refractivity contribution is -0.384. The summed E-state index contributed by atoms with van der Waals surface area (Å²) in [4.78, 5) is 25.5. The summed E-state index contributed by atoms with van der Waals surface area (Å²) in [5.74, 6) is 1.30. The molecule has 0 aromatic heterocycles. The third-order valence-electron chi connectivity index (χ3n) is 5.39. The minimum Gasteiger partial charge on any atom is -0.486 e. The van der Waals surface area contributed by atoms with Gasteiger partial charge < -0.3 is 19.7 Å². The molecule has 0 aliphatic carbocycles. The van der Waals surface area contributed by atoms with Gasteiger partial charge in [0.25, 0.3) is 5.69 Å². The highest BCUT2D eigenvalue weighted by Gasteiger charge is 2.28. The van der Waals surface area contributed by atoms with E-state index >= 15 is 0 Å². The molecule has 0 radical (unpaired) electrons. The maximum atomic E-state index is 12.6. The Balaban J connectivity index is 1.34. The molecule has 2 aromatic rings. The number of carbonyl (C=O) groups excluding carboxylic acids is 1. The number of nitro benzene ring substituents is 1. The number of para-hydroxylation sites is 3. The van der Waals surface area contributed by atoms with Crippen molar-refractivity contribution in [3.8, 4) is 11.5 Å². The number of benzene rings is 2. The van der Waals surface area contributed by atoms with Crippen LogP contribution in [0.15, 0.2) is 42.5 Å². The van der Waals surface area contributed by atoms with Gasteiger partial charge in [-0.05, 0) is 25.0 Å². The van der Waals surface area contributed by atoms with Gasteiger partial charge in [-0.2, -0.15) is 0 Å². The van der Waals surface area contributed by atoms with Gasteiger partial charge in [-0.15, -0.1) is 0 Å². The van der Waals surface area contributed by atoms with Crippen LogP contribution in [0.1, 0.15) is 18.4 Å². The number of ether oxygens (including phenoxy) is 2. The van der Waals surface area contributed by atoms with Crippen LogP contribution >= 0.6 is 0 Å². The van der Waals surface area contributed by atoms with Crippen molar-refractivity contribution in [1.29, 1.82) is 0 Å². The number of piperidine rings is 1. The van der Waals surface area contributed by atoms with Crippen molar-refractivity contribution in [2.45, 2.75) is 19.4 Å². The van der Waals surface area contributed by atoms with Crippen molar-refractivity contribution < 1.29 is 19.2 Å². The van der Waals surface area contributed by atoms with E-state index in [-0.39, 0.29) is 22.4 Å². The average Bonchev–Trinajstić information content (AvgIpc) is 2.77. The average molecular weight is 397 g/mol. The third kappa shape index (κ3) is 4.11. The Hall–Kier alpha value is -3.29. The lowest BCUT2D eigenvalue weighted by Gasteiger charge is -2.32. The predicted octanol–water partition coefficient (Wildman–Crippen LogP) is 2.90. The Morgan fingerprint density at radius 1 is 1.10 bits per heavy atom. The van der Waals surface area contributed by atoms with Gasteiger partial charge in [0.05, 0.1) is 4.92 Å². The van der Waals surface area contributed by atoms with Crippen LogP contribution in [-0.4, -0.2) is 37.1 Å². The van der Waals surface area contributed by atoms with Crippen molar-refractivity contribution in [3.63, 3.8) is 0 Å². The van der Waals surface area contributed by atoms with Crippen molar-refractivity contribution >= 4 is 17.3 Å². The zero-order chi connectivity index (χ0) is 20.2. The molecule has 152 valence electrons. The van der Waals surface area contributed by atoms with Crippen LogP contribution in [0.3, 0.4) is 0 Å². The largest absolute Gasteiger partial charge is 0.486 e. The van der Waals surface area contributed by atoms with E-state index in [1.54, 1.807) is 18.2 Å². The molecule has 8 nitrogen and oxygen atoms in total. The molecule has 0 atom stereocenters. The molecule has 2 heterocycles. The van der Waals surface area contributed by atoms with Crippen molar-refractivity contribution in [3.05, 3.63) is 58.1 Å². The van der Waals surface area contributed by atoms with Crippen LogP contribution in [0, 0.1) is 16.0 Å². The van der Waals surface area contributed by atoms with Crippen LogP contribution in [0.2, 0.25) is 0 Å². The standard InChI is InChI=1S/C21H23N3O5/c25-21(22-14-16-4-3-7-19-20(16)29-13-12-28-19)15-8-10-23(11-9-15)17-5-1-2-6-18(17)24(26)27/h1-7,15H,8-14H2,(H,22,25). The van der Waals surface area contributed by atoms with Crippen LogP contribution in [0.5, 0.6) is 11.5 Å². The monoisotopic (exact) mass is 397 g/mol. The summed E-state index contributed by atoms with van der Waals surface area (Å²) in [6.45, 7) is 2.64. The molecule has 2 aromatic carbocycles. The molecule has 2 aliphatic rings. The number of hydrogen-bond acceptors (Lipinski definition) is 6. The summed E-state index contributed by atoms with van der Waals surface area (Å²) in [5, 5.41) is 14.3. The van der Waals surface area contributed by atoms with E-state index in [1.165, 1.54) is 6.07 Å².